The highest BCUT2D eigenvalue weighted by Gasteiger charge is 2.19. The van der Waals surface area contributed by atoms with Crippen LogP contribution in [0.15, 0.2) is 42.5 Å². The van der Waals surface area contributed by atoms with Gasteiger partial charge in [-0.25, -0.2) is 0 Å². The molecule has 3 rings (SSSR count). The maximum atomic E-state index is 12.7. The Kier molecular flexibility index (Phi) is 8.56. The third-order valence-corrected chi connectivity index (χ3v) is 5.67. The maximum absolute atomic E-state index is 12.7. The topological polar surface area (TPSA) is 76.7 Å². The van der Waals surface area contributed by atoms with E-state index in [0.717, 1.165) is 31.2 Å². The third-order valence-electron chi connectivity index (χ3n) is 5.34. The second-order valence-electron chi connectivity index (χ2n) is 7.75. The molecule has 6 nitrogen and oxygen atoms in total. The molecule has 2 aromatic carbocycles. The van der Waals surface area contributed by atoms with Crippen LogP contribution in [0, 0.1) is 0 Å². The van der Waals surface area contributed by atoms with E-state index in [4.69, 9.17) is 21.1 Å². The van der Waals surface area contributed by atoms with E-state index in [0.29, 0.717) is 27.8 Å². The zero-order valence-corrected chi connectivity index (χ0v) is 19.2. The number of nitrogens with one attached hydrogen (secondary N) is 2. The number of amides is 2. The number of ether oxygens (including phenoxy) is 2. The Balaban J connectivity index is 1.60. The second kappa shape index (κ2) is 11.6. The molecule has 32 heavy (non-hydrogen) atoms. The van der Waals surface area contributed by atoms with Crippen LogP contribution in [-0.2, 0) is 4.79 Å². The van der Waals surface area contributed by atoms with Crippen molar-refractivity contribution >= 4 is 35.2 Å². The zero-order chi connectivity index (χ0) is 22.9. The Morgan fingerprint density at radius 3 is 2.59 bits per heavy atom. The van der Waals surface area contributed by atoms with Crippen LogP contribution in [-0.4, -0.2) is 31.6 Å². The minimum atomic E-state index is -0.356. The van der Waals surface area contributed by atoms with Gasteiger partial charge >= 0.3 is 0 Å². The number of hydrogen-bond acceptors (Lipinski definition) is 4. The Morgan fingerprint density at radius 2 is 1.88 bits per heavy atom. The Bertz CT molecular complexity index is 984. The van der Waals surface area contributed by atoms with Crippen molar-refractivity contribution in [2.24, 2.45) is 0 Å². The van der Waals surface area contributed by atoms with Crippen molar-refractivity contribution in [3.05, 3.63) is 58.6 Å². The summed E-state index contributed by atoms with van der Waals surface area (Å²) in [4.78, 5) is 25.1. The molecular weight excluding hydrogens is 428 g/mol. The van der Waals surface area contributed by atoms with Gasteiger partial charge in [0.05, 0.1) is 17.7 Å². The molecule has 0 saturated heterocycles. The summed E-state index contributed by atoms with van der Waals surface area (Å²) in [5.41, 5.74) is 1.80. The normalized spacial score (nSPS) is 14.2. The summed E-state index contributed by atoms with van der Waals surface area (Å²) in [6.07, 6.45) is 9.30. The van der Waals surface area contributed by atoms with Crippen LogP contribution in [0.4, 0.5) is 5.69 Å². The first-order valence-electron chi connectivity index (χ1n) is 10.8. The lowest BCUT2D eigenvalue weighted by molar-refractivity contribution is -0.118. The molecule has 170 valence electrons. The van der Waals surface area contributed by atoms with Crippen LogP contribution in [0.1, 0.15) is 54.9 Å². The molecule has 1 fully saturated rings. The maximum Gasteiger partial charge on any atom is 0.262 e. The largest absolute Gasteiger partial charge is 0.493 e. The molecule has 0 unspecified atom stereocenters. The molecule has 0 radical (unpaired) electrons. The van der Waals surface area contributed by atoms with Gasteiger partial charge in [0.1, 0.15) is 0 Å². The van der Waals surface area contributed by atoms with E-state index < -0.39 is 0 Å². The van der Waals surface area contributed by atoms with Gasteiger partial charge in [-0.05, 0) is 55.7 Å². The molecule has 0 aliphatic heterocycles. The van der Waals surface area contributed by atoms with E-state index in [1.807, 2.05) is 31.2 Å². The van der Waals surface area contributed by atoms with Gasteiger partial charge in [0, 0.05) is 11.7 Å². The van der Waals surface area contributed by atoms with E-state index >= 15 is 0 Å². The lowest BCUT2D eigenvalue weighted by Crippen LogP contribution is -2.36. The molecule has 2 amide bonds. The van der Waals surface area contributed by atoms with Crippen LogP contribution in [0.2, 0.25) is 5.02 Å². The number of carbonyl (C=O) groups is 2. The lowest BCUT2D eigenvalue weighted by Gasteiger charge is -2.23. The van der Waals surface area contributed by atoms with Gasteiger partial charge in [0.15, 0.2) is 18.1 Å². The molecule has 0 aromatic heterocycles. The first-order chi connectivity index (χ1) is 15.5. The van der Waals surface area contributed by atoms with Gasteiger partial charge < -0.3 is 20.1 Å². The predicted octanol–water partition coefficient (Wildman–Crippen LogP) is 5.46. The van der Waals surface area contributed by atoms with Crippen molar-refractivity contribution in [2.75, 3.05) is 19.0 Å². The SMILES string of the molecule is C/C=C/c1ccc(OCC(=O)Nc2ccc(Cl)c(C(=O)NC3CCCCC3)c2)c(OC)c1. The van der Waals surface area contributed by atoms with E-state index in [2.05, 4.69) is 10.6 Å². The van der Waals surface area contributed by atoms with Crippen molar-refractivity contribution in [3.8, 4) is 11.5 Å². The van der Waals surface area contributed by atoms with Gasteiger partial charge in [0.25, 0.3) is 11.8 Å². The number of carbonyl (C=O) groups excluding carboxylic acids is 2. The van der Waals surface area contributed by atoms with Crippen molar-refractivity contribution < 1.29 is 19.1 Å². The zero-order valence-electron chi connectivity index (χ0n) is 18.4. The lowest BCUT2D eigenvalue weighted by atomic mass is 9.95. The van der Waals surface area contributed by atoms with Crippen molar-refractivity contribution in [3.63, 3.8) is 0 Å². The fourth-order valence-corrected chi connectivity index (χ4v) is 3.93. The van der Waals surface area contributed by atoms with E-state index in [1.54, 1.807) is 31.4 Å². The summed E-state index contributed by atoms with van der Waals surface area (Å²) in [7, 11) is 1.55. The Labute approximate surface area is 193 Å². The summed E-state index contributed by atoms with van der Waals surface area (Å²) >= 11 is 6.24. The molecule has 0 spiro atoms. The van der Waals surface area contributed by atoms with Gasteiger partial charge in [-0.3, -0.25) is 9.59 Å². The number of allylic oxidation sites excluding steroid dienone is 1. The summed E-state index contributed by atoms with van der Waals surface area (Å²) in [6, 6.07) is 10.5. The Morgan fingerprint density at radius 1 is 1.09 bits per heavy atom. The molecular formula is C25H29ClN2O4. The number of rotatable bonds is 8. The Hall–Kier alpha value is -2.99. The summed E-state index contributed by atoms with van der Waals surface area (Å²) < 4.78 is 11.0. The smallest absolute Gasteiger partial charge is 0.262 e. The van der Waals surface area contributed by atoms with Crippen molar-refractivity contribution in [1.29, 1.82) is 0 Å². The second-order valence-corrected chi connectivity index (χ2v) is 8.16. The van der Waals surface area contributed by atoms with Crippen molar-refractivity contribution in [2.45, 2.75) is 45.1 Å². The number of benzene rings is 2. The van der Waals surface area contributed by atoms with E-state index in [1.165, 1.54) is 6.42 Å². The molecule has 0 heterocycles. The van der Waals surface area contributed by atoms with Crippen LogP contribution in [0.5, 0.6) is 11.5 Å². The first kappa shape index (κ1) is 23.7. The summed E-state index contributed by atoms with van der Waals surface area (Å²) in [6.45, 7) is 1.73. The number of hydrogen-bond donors (Lipinski definition) is 2. The fourth-order valence-electron chi connectivity index (χ4n) is 3.73. The average molecular weight is 457 g/mol. The van der Waals surface area contributed by atoms with E-state index in [9.17, 15) is 9.59 Å². The highest BCUT2D eigenvalue weighted by Crippen LogP contribution is 2.29. The van der Waals surface area contributed by atoms with Crippen LogP contribution >= 0.6 is 11.6 Å². The van der Waals surface area contributed by atoms with Gasteiger partial charge in [-0.2, -0.15) is 0 Å². The summed E-state index contributed by atoms with van der Waals surface area (Å²) in [5, 5.41) is 6.15. The van der Waals surface area contributed by atoms with Crippen LogP contribution < -0.4 is 20.1 Å². The van der Waals surface area contributed by atoms with Crippen molar-refractivity contribution in [1.82, 2.24) is 5.32 Å². The summed E-state index contributed by atoms with van der Waals surface area (Å²) in [5.74, 6) is 0.437. The standard InChI is InChI=1S/C25H29ClN2O4/c1-3-7-17-10-13-22(23(14-17)31-2)32-16-24(29)27-19-11-12-21(26)20(15-19)25(30)28-18-8-5-4-6-9-18/h3,7,10-15,18H,4-6,8-9,16H2,1-2H3,(H,27,29)(H,28,30)/b7-3+. The van der Waals surface area contributed by atoms with Crippen LogP contribution in [0.3, 0.4) is 0 Å². The minimum Gasteiger partial charge on any atom is -0.493 e. The van der Waals surface area contributed by atoms with Gasteiger partial charge in [-0.15, -0.1) is 0 Å². The highest BCUT2D eigenvalue weighted by atomic mass is 35.5. The quantitative estimate of drug-likeness (QED) is 0.552. The fraction of sp³-hybridized carbons (Fsp3) is 0.360. The molecule has 0 atom stereocenters. The number of anilines is 1. The van der Waals surface area contributed by atoms with Crippen LogP contribution in [0.25, 0.3) is 6.08 Å². The first-order valence-corrected chi connectivity index (χ1v) is 11.2. The van der Waals surface area contributed by atoms with E-state index in [-0.39, 0.29) is 24.5 Å². The molecule has 7 heteroatoms. The van der Waals surface area contributed by atoms with Gasteiger partial charge in [-0.1, -0.05) is 49.1 Å². The average Bonchev–Trinajstić information content (AvgIpc) is 2.80. The molecule has 1 aliphatic rings. The highest BCUT2D eigenvalue weighted by molar-refractivity contribution is 6.34. The monoisotopic (exact) mass is 456 g/mol. The molecule has 1 aliphatic carbocycles. The molecule has 2 aromatic rings. The minimum absolute atomic E-state index is 0.174. The third kappa shape index (κ3) is 6.50. The van der Waals surface area contributed by atoms with Gasteiger partial charge in [0.2, 0.25) is 0 Å². The predicted molar refractivity (Wildman–Crippen MR) is 128 cm³/mol. The number of methoxy groups -OCH3 is 1. The molecule has 2 N–H and O–H groups in total. The molecule has 1 saturated carbocycles. The molecule has 0 bridgehead atoms. The number of halogens is 1.